The Balaban J connectivity index is 2.63. The quantitative estimate of drug-likeness (QED) is 0.826. The van der Waals surface area contributed by atoms with E-state index in [1.54, 1.807) is 0 Å². The largest absolute Gasteiger partial charge is 0.573 e. The molecule has 0 radical (unpaired) electrons. The van der Waals surface area contributed by atoms with E-state index in [9.17, 15) is 13.2 Å². The lowest BCUT2D eigenvalue weighted by atomic mass is 10.1. The highest BCUT2D eigenvalue weighted by Crippen LogP contribution is 2.25. The average molecular weight is 305 g/mol. The van der Waals surface area contributed by atoms with Crippen LogP contribution in [0, 0.1) is 5.92 Å². The van der Waals surface area contributed by atoms with Gasteiger partial charge in [-0.3, -0.25) is 0 Å². The summed E-state index contributed by atoms with van der Waals surface area (Å²) in [5.74, 6) is 0.549. The van der Waals surface area contributed by atoms with E-state index in [-0.39, 0.29) is 17.8 Å². The van der Waals surface area contributed by atoms with Crippen molar-refractivity contribution in [3.8, 4) is 11.5 Å². The molecular weight excluding hydrogens is 283 g/mol. The fourth-order valence-electron chi connectivity index (χ4n) is 1.66. The van der Waals surface area contributed by atoms with Crippen molar-refractivity contribution in [2.24, 2.45) is 5.92 Å². The lowest BCUT2D eigenvalue weighted by Crippen LogP contribution is -2.38. The number of rotatable bonds is 7. The van der Waals surface area contributed by atoms with Gasteiger partial charge in [0.25, 0.3) is 0 Å². The first kappa shape index (κ1) is 17.6. The van der Waals surface area contributed by atoms with Gasteiger partial charge in [-0.1, -0.05) is 27.7 Å². The van der Waals surface area contributed by atoms with Gasteiger partial charge in [0.2, 0.25) is 0 Å². The van der Waals surface area contributed by atoms with Crippen LogP contribution >= 0.6 is 0 Å². The molecule has 0 heterocycles. The van der Waals surface area contributed by atoms with Crippen molar-refractivity contribution >= 4 is 0 Å². The van der Waals surface area contributed by atoms with Gasteiger partial charge in [-0.2, -0.15) is 0 Å². The predicted molar refractivity (Wildman–Crippen MR) is 75.5 cm³/mol. The van der Waals surface area contributed by atoms with Crippen LogP contribution < -0.4 is 14.8 Å². The fourth-order valence-corrected chi connectivity index (χ4v) is 1.66. The van der Waals surface area contributed by atoms with E-state index in [1.165, 1.54) is 24.3 Å². The molecule has 6 heteroatoms. The van der Waals surface area contributed by atoms with Gasteiger partial charge in [0, 0.05) is 12.6 Å². The molecular formula is C15H22F3NO2. The summed E-state index contributed by atoms with van der Waals surface area (Å²) in [5, 5.41) is 3.29. The first-order valence-electron chi connectivity index (χ1n) is 6.93. The molecule has 1 unspecified atom stereocenters. The number of hydrogen-bond donors (Lipinski definition) is 1. The number of nitrogens with one attached hydrogen (secondary N) is 1. The van der Waals surface area contributed by atoms with Gasteiger partial charge < -0.3 is 14.8 Å². The van der Waals surface area contributed by atoms with Crippen LogP contribution in [0.4, 0.5) is 13.2 Å². The highest BCUT2D eigenvalue weighted by Gasteiger charge is 2.31. The third-order valence-corrected chi connectivity index (χ3v) is 2.82. The maximum absolute atomic E-state index is 12.1. The third-order valence-electron chi connectivity index (χ3n) is 2.82. The van der Waals surface area contributed by atoms with Gasteiger partial charge in [-0.15, -0.1) is 13.2 Å². The van der Waals surface area contributed by atoms with Crippen molar-refractivity contribution in [2.45, 2.75) is 46.2 Å². The Morgan fingerprint density at radius 1 is 1.00 bits per heavy atom. The SMILES string of the molecule is CC(C)NCC(Oc1ccc(OC(F)(F)F)cc1)C(C)C. The Bertz CT molecular complexity index is 416. The molecule has 1 aromatic carbocycles. The molecule has 1 rings (SSSR count). The van der Waals surface area contributed by atoms with Crippen molar-refractivity contribution in [2.75, 3.05) is 6.54 Å². The molecule has 0 saturated carbocycles. The summed E-state index contributed by atoms with van der Waals surface area (Å²) in [6.45, 7) is 8.83. The summed E-state index contributed by atoms with van der Waals surface area (Å²) in [6.07, 6.45) is -4.73. The van der Waals surface area contributed by atoms with E-state index < -0.39 is 6.36 Å². The molecule has 0 aliphatic carbocycles. The molecule has 0 spiro atoms. The van der Waals surface area contributed by atoms with Crippen molar-refractivity contribution in [1.82, 2.24) is 5.32 Å². The highest BCUT2D eigenvalue weighted by molar-refractivity contribution is 5.31. The summed E-state index contributed by atoms with van der Waals surface area (Å²) in [5.41, 5.74) is 0. The van der Waals surface area contributed by atoms with Gasteiger partial charge in [0.1, 0.15) is 17.6 Å². The Kier molecular flexibility index (Phi) is 6.33. The zero-order valence-corrected chi connectivity index (χ0v) is 12.7. The third kappa shape index (κ3) is 7.22. The van der Waals surface area contributed by atoms with Crippen molar-refractivity contribution in [1.29, 1.82) is 0 Å². The van der Waals surface area contributed by atoms with Gasteiger partial charge >= 0.3 is 6.36 Å². The topological polar surface area (TPSA) is 30.5 Å². The Morgan fingerprint density at radius 2 is 1.52 bits per heavy atom. The first-order chi connectivity index (χ1) is 9.67. The summed E-state index contributed by atoms with van der Waals surface area (Å²) in [6, 6.07) is 5.79. The zero-order valence-electron chi connectivity index (χ0n) is 12.7. The summed E-state index contributed by atoms with van der Waals surface area (Å²) < 4.78 is 45.8. The first-order valence-corrected chi connectivity index (χ1v) is 6.93. The van der Waals surface area contributed by atoms with E-state index in [0.29, 0.717) is 18.3 Å². The standard InChI is InChI=1S/C15H22F3NO2/c1-10(2)14(9-19-11(3)4)20-12-5-7-13(8-6-12)21-15(16,17)18/h5-8,10-11,14,19H,9H2,1-4H3. The van der Waals surface area contributed by atoms with Gasteiger partial charge in [-0.05, 0) is 30.2 Å². The number of alkyl halides is 3. The van der Waals surface area contributed by atoms with E-state index in [4.69, 9.17) is 4.74 Å². The number of benzene rings is 1. The van der Waals surface area contributed by atoms with Gasteiger partial charge in [-0.25, -0.2) is 0 Å². The minimum absolute atomic E-state index is 0.0539. The van der Waals surface area contributed by atoms with Crippen LogP contribution in [0.5, 0.6) is 11.5 Å². The maximum atomic E-state index is 12.1. The van der Waals surface area contributed by atoms with Crippen LogP contribution in [-0.2, 0) is 0 Å². The van der Waals surface area contributed by atoms with E-state index in [0.717, 1.165) is 0 Å². The molecule has 0 aliphatic heterocycles. The number of halogens is 3. The number of ether oxygens (including phenoxy) is 2. The van der Waals surface area contributed by atoms with Crippen LogP contribution in [0.25, 0.3) is 0 Å². The zero-order chi connectivity index (χ0) is 16.0. The molecule has 0 aromatic heterocycles. The van der Waals surface area contributed by atoms with Crippen LogP contribution in [-0.4, -0.2) is 25.1 Å². The second kappa shape index (κ2) is 7.54. The lowest BCUT2D eigenvalue weighted by molar-refractivity contribution is -0.274. The molecule has 0 amide bonds. The molecule has 21 heavy (non-hydrogen) atoms. The highest BCUT2D eigenvalue weighted by atomic mass is 19.4. The van der Waals surface area contributed by atoms with Crippen LogP contribution in [0.1, 0.15) is 27.7 Å². The number of hydrogen-bond acceptors (Lipinski definition) is 3. The minimum atomic E-state index is -4.68. The average Bonchev–Trinajstić information content (AvgIpc) is 2.34. The molecule has 1 atom stereocenters. The van der Waals surface area contributed by atoms with E-state index in [2.05, 4.69) is 10.1 Å². The molecule has 0 fully saturated rings. The van der Waals surface area contributed by atoms with Gasteiger partial charge in [0.05, 0.1) is 0 Å². The fraction of sp³-hybridized carbons (Fsp3) is 0.600. The Morgan fingerprint density at radius 3 is 1.95 bits per heavy atom. The molecule has 3 nitrogen and oxygen atoms in total. The molecule has 0 bridgehead atoms. The smallest absolute Gasteiger partial charge is 0.489 e. The lowest BCUT2D eigenvalue weighted by Gasteiger charge is -2.24. The van der Waals surface area contributed by atoms with Gasteiger partial charge in [0.15, 0.2) is 0 Å². The maximum Gasteiger partial charge on any atom is 0.573 e. The van der Waals surface area contributed by atoms with Crippen molar-refractivity contribution < 1.29 is 22.6 Å². The monoisotopic (exact) mass is 305 g/mol. The minimum Gasteiger partial charge on any atom is -0.489 e. The van der Waals surface area contributed by atoms with Crippen molar-refractivity contribution in [3.05, 3.63) is 24.3 Å². The molecule has 0 saturated heterocycles. The Labute approximate surface area is 123 Å². The summed E-state index contributed by atoms with van der Waals surface area (Å²) in [4.78, 5) is 0. The molecule has 1 N–H and O–H groups in total. The van der Waals surface area contributed by atoms with Crippen molar-refractivity contribution in [3.63, 3.8) is 0 Å². The second-order valence-electron chi connectivity index (χ2n) is 5.48. The summed E-state index contributed by atoms with van der Waals surface area (Å²) >= 11 is 0. The Hall–Kier alpha value is -1.43. The molecule has 0 aliphatic rings. The molecule has 120 valence electrons. The van der Waals surface area contributed by atoms with E-state index in [1.807, 2.05) is 27.7 Å². The van der Waals surface area contributed by atoms with Crippen LogP contribution in [0.15, 0.2) is 24.3 Å². The normalized spacial score (nSPS) is 13.6. The second-order valence-corrected chi connectivity index (χ2v) is 5.48. The van der Waals surface area contributed by atoms with Crippen LogP contribution in [0.2, 0.25) is 0 Å². The predicted octanol–water partition coefficient (Wildman–Crippen LogP) is 3.99. The van der Waals surface area contributed by atoms with E-state index >= 15 is 0 Å². The van der Waals surface area contributed by atoms with Crippen LogP contribution in [0.3, 0.4) is 0 Å². The summed E-state index contributed by atoms with van der Waals surface area (Å²) in [7, 11) is 0. The molecule has 1 aromatic rings.